The second-order valence-corrected chi connectivity index (χ2v) is 11.3. The largest absolute Gasteiger partial charge is 0.324 e. The molecule has 1 saturated heterocycles. The van der Waals surface area contributed by atoms with Crippen molar-refractivity contribution in [1.29, 1.82) is 0 Å². The lowest BCUT2D eigenvalue weighted by molar-refractivity contribution is -0.117. The molecule has 35 heavy (non-hydrogen) atoms. The van der Waals surface area contributed by atoms with Crippen molar-refractivity contribution in [2.45, 2.75) is 31.6 Å². The molecule has 7 nitrogen and oxygen atoms in total. The van der Waals surface area contributed by atoms with Crippen molar-refractivity contribution in [1.82, 2.24) is 0 Å². The summed E-state index contributed by atoms with van der Waals surface area (Å²) in [5.74, 6) is -0.437. The van der Waals surface area contributed by atoms with Crippen LogP contribution < -0.4 is 14.5 Å². The van der Waals surface area contributed by atoms with Crippen LogP contribution in [0.5, 0.6) is 0 Å². The van der Waals surface area contributed by atoms with Gasteiger partial charge < -0.3 is 10.2 Å². The summed E-state index contributed by atoms with van der Waals surface area (Å²) in [6, 6.07) is 18.6. The average Bonchev–Trinajstić information content (AvgIpc) is 3.25. The van der Waals surface area contributed by atoms with Crippen molar-refractivity contribution in [2.75, 3.05) is 27.6 Å². The smallest absolute Gasteiger partial charge is 0.264 e. The van der Waals surface area contributed by atoms with E-state index in [9.17, 15) is 18.0 Å². The van der Waals surface area contributed by atoms with Gasteiger partial charge in [-0.05, 0) is 74.4 Å². The number of hydrogen-bond donors (Lipinski definition) is 1. The molecule has 3 aromatic carbocycles. The van der Waals surface area contributed by atoms with Gasteiger partial charge in [-0.25, -0.2) is 8.42 Å². The minimum Gasteiger partial charge on any atom is -0.324 e. The van der Waals surface area contributed by atoms with Crippen molar-refractivity contribution in [2.24, 2.45) is 0 Å². The van der Waals surface area contributed by atoms with Gasteiger partial charge in [0.05, 0.1) is 10.6 Å². The van der Waals surface area contributed by atoms with Gasteiger partial charge in [0.25, 0.3) is 10.0 Å². The molecule has 4 rings (SSSR count). The SMILES string of the molecule is Cc1ccc(S(=O)(=O)N(CC(=O)Nc2ccc(C)c(N3CCCC3=O)c2)c2ccc(Br)cc2)cc1. The predicted molar refractivity (Wildman–Crippen MR) is 141 cm³/mol. The lowest BCUT2D eigenvalue weighted by Gasteiger charge is -2.24. The van der Waals surface area contributed by atoms with Crippen molar-refractivity contribution in [3.05, 3.63) is 82.3 Å². The van der Waals surface area contributed by atoms with E-state index in [0.717, 1.165) is 32.0 Å². The van der Waals surface area contributed by atoms with Crippen LogP contribution in [-0.4, -0.2) is 33.3 Å². The Labute approximate surface area is 213 Å². The number of sulfonamides is 1. The van der Waals surface area contributed by atoms with E-state index >= 15 is 0 Å². The molecule has 1 aliphatic rings. The number of amides is 2. The van der Waals surface area contributed by atoms with Gasteiger partial charge in [-0.3, -0.25) is 13.9 Å². The Kier molecular flexibility index (Phi) is 7.28. The van der Waals surface area contributed by atoms with E-state index in [1.165, 1.54) is 12.1 Å². The van der Waals surface area contributed by atoms with Crippen LogP contribution in [0.25, 0.3) is 0 Å². The van der Waals surface area contributed by atoms with Crippen LogP contribution in [-0.2, 0) is 19.6 Å². The van der Waals surface area contributed by atoms with Gasteiger partial charge in [0.1, 0.15) is 6.54 Å². The molecular weight excluding hydrogens is 530 g/mol. The Bertz CT molecular complexity index is 1360. The van der Waals surface area contributed by atoms with Gasteiger partial charge in [0, 0.05) is 28.8 Å². The van der Waals surface area contributed by atoms with Crippen LogP contribution >= 0.6 is 15.9 Å². The van der Waals surface area contributed by atoms with E-state index in [1.54, 1.807) is 53.4 Å². The number of halogens is 1. The number of carbonyl (C=O) groups is 2. The van der Waals surface area contributed by atoms with Gasteiger partial charge in [0.2, 0.25) is 11.8 Å². The van der Waals surface area contributed by atoms with Crippen LogP contribution in [0.1, 0.15) is 24.0 Å². The highest BCUT2D eigenvalue weighted by molar-refractivity contribution is 9.10. The molecule has 0 spiro atoms. The Balaban J connectivity index is 1.61. The number of benzene rings is 3. The lowest BCUT2D eigenvalue weighted by atomic mass is 10.1. The summed E-state index contributed by atoms with van der Waals surface area (Å²) < 4.78 is 28.9. The van der Waals surface area contributed by atoms with E-state index in [4.69, 9.17) is 0 Å². The maximum atomic E-state index is 13.5. The van der Waals surface area contributed by atoms with Crippen molar-refractivity contribution >= 4 is 54.8 Å². The molecular formula is C26H26BrN3O4S. The summed E-state index contributed by atoms with van der Waals surface area (Å²) >= 11 is 3.36. The van der Waals surface area contributed by atoms with E-state index in [2.05, 4.69) is 21.2 Å². The first kappa shape index (κ1) is 24.9. The number of hydrogen-bond acceptors (Lipinski definition) is 4. The van der Waals surface area contributed by atoms with Gasteiger partial charge in [0.15, 0.2) is 0 Å². The normalized spacial score (nSPS) is 13.7. The molecule has 9 heteroatoms. The van der Waals surface area contributed by atoms with E-state index in [-0.39, 0.29) is 10.8 Å². The minimum atomic E-state index is -4.00. The first-order chi connectivity index (χ1) is 16.6. The fourth-order valence-electron chi connectivity index (χ4n) is 3.97. The summed E-state index contributed by atoms with van der Waals surface area (Å²) in [6.45, 7) is 4.02. The molecule has 0 aromatic heterocycles. The highest BCUT2D eigenvalue weighted by Gasteiger charge is 2.28. The third kappa shape index (κ3) is 5.57. The summed E-state index contributed by atoms with van der Waals surface area (Å²) in [6.07, 6.45) is 1.31. The van der Waals surface area contributed by atoms with Gasteiger partial charge in [-0.15, -0.1) is 0 Å². The topological polar surface area (TPSA) is 86.8 Å². The fraction of sp³-hybridized carbons (Fsp3) is 0.231. The summed E-state index contributed by atoms with van der Waals surface area (Å²) in [4.78, 5) is 27.1. The number of anilines is 3. The standard InChI is InChI=1S/C26H26BrN3O4S/c1-18-5-13-23(14-6-18)35(33,34)30(22-11-8-20(27)9-12-22)17-25(31)28-21-10-7-19(2)24(16-21)29-15-3-4-26(29)32/h5-14,16H,3-4,15,17H2,1-2H3,(H,28,31). The molecule has 0 bridgehead atoms. The molecule has 0 atom stereocenters. The van der Waals surface area contributed by atoms with Crippen LogP contribution in [0.2, 0.25) is 0 Å². The maximum absolute atomic E-state index is 13.5. The molecule has 0 unspecified atom stereocenters. The van der Waals surface area contributed by atoms with Crippen LogP contribution in [0.3, 0.4) is 0 Å². The minimum absolute atomic E-state index is 0.0576. The summed E-state index contributed by atoms with van der Waals surface area (Å²) in [7, 11) is -4.00. The Morgan fingerprint density at radius 1 is 1.03 bits per heavy atom. The lowest BCUT2D eigenvalue weighted by Crippen LogP contribution is -2.38. The second kappa shape index (κ2) is 10.2. The molecule has 3 aromatic rings. The van der Waals surface area contributed by atoms with Crippen molar-refractivity contribution in [3.8, 4) is 0 Å². The molecule has 1 heterocycles. The van der Waals surface area contributed by atoms with Crippen molar-refractivity contribution in [3.63, 3.8) is 0 Å². The molecule has 182 valence electrons. The molecule has 0 aliphatic carbocycles. The van der Waals surface area contributed by atoms with Gasteiger partial charge in [-0.2, -0.15) is 0 Å². The third-order valence-corrected chi connectivity index (χ3v) is 8.18. The fourth-order valence-corrected chi connectivity index (χ4v) is 5.66. The zero-order valence-corrected chi connectivity index (χ0v) is 21.9. The molecule has 1 N–H and O–H groups in total. The zero-order chi connectivity index (χ0) is 25.2. The highest BCUT2D eigenvalue weighted by atomic mass is 79.9. The monoisotopic (exact) mass is 555 g/mol. The summed E-state index contributed by atoms with van der Waals surface area (Å²) in [5, 5.41) is 2.80. The number of carbonyl (C=O) groups excluding carboxylic acids is 2. The number of nitrogens with one attached hydrogen (secondary N) is 1. The molecule has 1 aliphatic heterocycles. The van der Waals surface area contributed by atoms with E-state index in [1.807, 2.05) is 19.9 Å². The average molecular weight is 556 g/mol. The van der Waals surface area contributed by atoms with Gasteiger partial charge >= 0.3 is 0 Å². The number of aryl methyl sites for hydroxylation is 2. The van der Waals surface area contributed by atoms with Gasteiger partial charge in [-0.1, -0.05) is 39.7 Å². The molecule has 1 fully saturated rings. The van der Waals surface area contributed by atoms with Crippen LogP contribution in [0.4, 0.5) is 17.1 Å². The third-order valence-electron chi connectivity index (χ3n) is 5.87. The van der Waals surface area contributed by atoms with Crippen LogP contribution in [0, 0.1) is 13.8 Å². The second-order valence-electron chi connectivity index (χ2n) is 8.50. The Hall–Kier alpha value is -3.17. The first-order valence-corrected chi connectivity index (χ1v) is 13.4. The zero-order valence-electron chi connectivity index (χ0n) is 19.5. The maximum Gasteiger partial charge on any atom is 0.264 e. The Morgan fingerprint density at radius 2 is 1.71 bits per heavy atom. The van der Waals surface area contributed by atoms with Crippen LogP contribution in [0.15, 0.2) is 76.1 Å². The number of rotatable bonds is 7. The Morgan fingerprint density at radius 3 is 2.34 bits per heavy atom. The predicted octanol–water partition coefficient (Wildman–Crippen LogP) is 5.03. The first-order valence-electron chi connectivity index (χ1n) is 11.2. The number of nitrogens with zero attached hydrogens (tertiary/aromatic N) is 2. The van der Waals surface area contributed by atoms with Crippen molar-refractivity contribution < 1.29 is 18.0 Å². The van der Waals surface area contributed by atoms with E-state index < -0.39 is 22.5 Å². The quantitative estimate of drug-likeness (QED) is 0.443. The molecule has 0 radical (unpaired) electrons. The highest BCUT2D eigenvalue weighted by Crippen LogP contribution is 2.29. The molecule has 2 amide bonds. The summed E-state index contributed by atoms with van der Waals surface area (Å²) in [5.41, 5.74) is 3.48. The van der Waals surface area contributed by atoms with E-state index in [0.29, 0.717) is 24.3 Å². The molecule has 0 saturated carbocycles.